The van der Waals surface area contributed by atoms with Gasteiger partial charge in [-0.3, -0.25) is 4.99 Å². The van der Waals surface area contributed by atoms with Gasteiger partial charge in [0.05, 0.1) is 11.4 Å². The standard InChI is InChI=1S/C19H20N2.C2H6/c1-5-17-10-8-11-18(13-17)20-15(3)16(4)21-19-12-7-6-9-14(19)2;1-2/h5-13,20H,1-2H2,3-4H3;1-2H3/b16-15+,21-19?;. The number of allylic oxidation sites excluding steroid dienone is 7. The average Bonchev–Trinajstić information content (AvgIpc) is 2.58. The number of aliphatic imine (C=N–C) groups is 1. The zero-order valence-electron chi connectivity index (χ0n) is 14.6. The normalized spacial score (nSPS) is 15.7. The molecule has 1 N–H and O–H groups in total. The molecule has 1 aliphatic rings. The molecule has 1 aliphatic carbocycles. The number of benzene rings is 1. The molecule has 0 heterocycles. The van der Waals surface area contributed by atoms with E-state index in [1.165, 1.54) is 0 Å². The molecule has 1 aromatic carbocycles. The molecule has 1 aromatic rings. The molecular weight excluding hydrogens is 280 g/mol. The minimum atomic E-state index is 0.899. The minimum Gasteiger partial charge on any atom is -0.358 e. The van der Waals surface area contributed by atoms with Crippen molar-refractivity contribution in [3.63, 3.8) is 0 Å². The lowest BCUT2D eigenvalue weighted by molar-refractivity contribution is 1.19. The molecular formula is C21H26N2. The van der Waals surface area contributed by atoms with Gasteiger partial charge < -0.3 is 5.32 Å². The lowest BCUT2D eigenvalue weighted by Crippen LogP contribution is -2.02. The molecule has 0 unspecified atom stereocenters. The third-order valence-corrected chi connectivity index (χ3v) is 3.28. The lowest BCUT2D eigenvalue weighted by atomic mass is 10.1. The smallest absolute Gasteiger partial charge is 0.0699 e. The fourth-order valence-corrected chi connectivity index (χ4v) is 1.93. The summed E-state index contributed by atoms with van der Waals surface area (Å²) in [6.45, 7) is 15.8. The largest absolute Gasteiger partial charge is 0.358 e. The third kappa shape index (κ3) is 5.59. The molecule has 0 aliphatic heterocycles. The molecule has 0 spiro atoms. The highest BCUT2D eigenvalue weighted by Gasteiger charge is 2.03. The summed E-state index contributed by atoms with van der Waals surface area (Å²) in [5, 5.41) is 3.37. The second-order valence-corrected chi connectivity index (χ2v) is 4.91. The highest BCUT2D eigenvalue weighted by atomic mass is 14.9. The van der Waals surface area contributed by atoms with E-state index in [9.17, 15) is 0 Å². The van der Waals surface area contributed by atoms with E-state index in [0.717, 1.165) is 33.9 Å². The molecule has 0 fully saturated rings. The number of nitrogens with zero attached hydrogens (tertiary/aromatic N) is 1. The van der Waals surface area contributed by atoms with E-state index in [1.54, 1.807) is 0 Å². The summed E-state index contributed by atoms with van der Waals surface area (Å²) in [6, 6.07) is 8.11. The molecule has 0 aromatic heterocycles. The van der Waals surface area contributed by atoms with Crippen LogP contribution in [0.4, 0.5) is 5.69 Å². The Morgan fingerprint density at radius 2 is 1.83 bits per heavy atom. The van der Waals surface area contributed by atoms with Crippen LogP contribution in [0.2, 0.25) is 0 Å². The fraction of sp³-hybridized carbons (Fsp3) is 0.190. The minimum absolute atomic E-state index is 0.899. The van der Waals surface area contributed by atoms with E-state index >= 15 is 0 Å². The summed E-state index contributed by atoms with van der Waals surface area (Å²) >= 11 is 0. The molecule has 0 amide bonds. The van der Waals surface area contributed by atoms with Gasteiger partial charge >= 0.3 is 0 Å². The Labute approximate surface area is 140 Å². The van der Waals surface area contributed by atoms with E-state index in [4.69, 9.17) is 0 Å². The first-order valence-corrected chi connectivity index (χ1v) is 7.90. The van der Waals surface area contributed by atoms with E-state index in [-0.39, 0.29) is 0 Å². The molecule has 120 valence electrons. The number of anilines is 1. The van der Waals surface area contributed by atoms with Crippen molar-refractivity contribution in [1.82, 2.24) is 0 Å². The van der Waals surface area contributed by atoms with Crippen LogP contribution in [0.5, 0.6) is 0 Å². The van der Waals surface area contributed by atoms with Gasteiger partial charge in [0.25, 0.3) is 0 Å². The maximum absolute atomic E-state index is 4.63. The lowest BCUT2D eigenvalue weighted by Gasteiger charge is -2.11. The van der Waals surface area contributed by atoms with Crippen molar-refractivity contribution in [2.24, 2.45) is 4.99 Å². The molecule has 0 atom stereocenters. The van der Waals surface area contributed by atoms with Crippen LogP contribution in [0.3, 0.4) is 0 Å². The van der Waals surface area contributed by atoms with Crippen molar-refractivity contribution in [2.45, 2.75) is 27.7 Å². The van der Waals surface area contributed by atoms with Crippen molar-refractivity contribution in [2.75, 3.05) is 5.32 Å². The van der Waals surface area contributed by atoms with E-state index in [0.29, 0.717) is 0 Å². The maximum Gasteiger partial charge on any atom is 0.0699 e. The molecule has 0 radical (unpaired) electrons. The molecule has 0 bridgehead atoms. The van der Waals surface area contributed by atoms with Crippen LogP contribution >= 0.6 is 0 Å². The van der Waals surface area contributed by atoms with Crippen molar-refractivity contribution in [3.05, 3.63) is 84.3 Å². The molecule has 2 rings (SSSR count). The van der Waals surface area contributed by atoms with Crippen molar-refractivity contribution >= 4 is 17.5 Å². The molecule has 0 saturated heterocycles. The summed E-state index contributed by atoms with van der Waals surface area (Å²) < 4.78 is 0. The Bertz CT molecular complexity index is 686. The van der Waals surface area contributed by atoms with Crippen LogP contribution in [0.15, 0.2) is 83.7 Å². The van der Waals surface area contributed by atoms with Crippen LogP contribution in [-0.4, -0.2) is 5.71 Å². The average molecular weight is 306 g/mol. The topological polar surface area (TPSA) is 24.4 Å². The van der Waals surface area contributed by atoms with Gasteiger partial charge in [0.1, 0.15) is 0 Å². The Morgan fingerprint density at radius 3 is 2.48 bits per heavy atom. The Kier molecular flexibility index (Phi) is 7.55. The Balaban J connectivity index is 0.00000127. The van der Waals surface area contributed by atoms with Crippen molar-refractivity contribution < 1.29 is 0 Å². The summed E-state index contributed by atoms with van der Waals surface area (Å²) in [7, 11) is 0. The SMILES string of the molecule is C=Cc1cccc(N/C(C)=C(\C)N=C2C=CC=CC2=C)c1.CC. The summed E-state index contributed by atoms with van der Waals surface area (Å²) in [4.78, 5) is 4.63. The van der Waals surface area contributed by atoms with Crippen LogP contribution in [0, 0.1) is 0 Å². The Hall–Kier alpha value is -2.61. The predicted octanol–water partition coefficient (Wildman–Crippen LogP) is 6.14. The predicted molar refractivity (Wildman–Crippen MR) is 105 cm³/mol. The summed E-state index contributed by atoms with van der Waals surface area (Å²) in [6.07, 6.45) is 9.70. The quantitative estimate of drug-likeness (QED) is 0.709. The highest BCUT2D eigenvalue weighted by molar-refractivity contribution is 6.11. The molecule has 0 saturated carbocycles. The number of hydrogen-bond donors (Lipinski definition) is 1. The van der Waals surface area contributed by atoms with Gasteiger partial charge in [0.15, 0.2) is 0 Å². The van der Waals surface area contributed by atoms with Gasteiger partial charge in [0, 0.05) is 11.4 Å². The fourth-order valence-electron chi connectivity index (χ4n) is 1.93. The van der Waals surface area contributed by atoms with Crippen LogP contribution in [0.1, 0.15) is 33.3 Å². The second kappa shape index (κ2) is 9.42. The Morgan fingerprint density at radius 1 is 1.13 bits per heavy atom. The molecule has 2 heteroatoms. The van der Waals surface area contributed by atoms with Gasteiger partial charge in [-0.2, -0.15) is 0 Å². The third-order valence-electron chi connectivity index (χ3n) is 3.28. The first-order valence-electron chi connectivity index (χ1n) is 7.90. The zero-order valence-corrected chi connectivity index (χ0v) is 14.6. The summed E-state index contributed by atoms with van der Waals surface area (Å²) in [5.74, 6) is 0. The first-order chi connectivity index (χ1) is 11.1. The van der Waals surface area contributed by atoms with E-state index in [2.05, 4.69) is 29.5 Å². The monoisotopic (exact) mass is 306 g/mol. The van der Waals surface area contributed by atoms with Crippen LogP contribution in [-0.2, 0) is 0 Å². The zero-order chi connectivity index (χ0) is 17.2. The first kappa shape index (κ1) is 18.4. The van der Waals surface area contributed by atoms with Gasteiger partial charge in [-0.1, -0.05) is 63.4 Å². The van der Waals surface area contributed by atoms with Crippen molar-refractivity contribution in [3.8, 4) is 0 Å². The van der Waals surface area contributed by atoms with Gasteiger partial charge in [-0.05, 0) is 43.2 Å². The number of rotatable bonds is 4. The van der Waals surface area contributed by atoms with Gasteiger partial charge in [-0.25, -0.2) is 0 Å². The second-order valence-electron chi connectivity index (χ2n) is 4.91. The van der Waals surface area contributed by atoms with E-state index in [1.807, 2.05) is 76.3 Å². The molecule has 23 heavy (non-hydrogen) atoms. The molecule has 2 nitrogen and oxygen atoms in total. The maximum atomic E-state index is 4.63. The van der Waals surface area contributed by atoms with E-state index < -0.39 is 0 Å². The highest BCUT2D eigenvalue weighted by Crippen LogP contribution is 2.17. The number of hydrogen-bond acceptors (Lipinski definition) is 2. The number of nitrogens with one attached hydrogen (secondary N) is 1. The van der Waals surface area contributed by atoms with Gasteiger partial charge in [0.2, 0.25) is 0 Å². The van der Waals surface area contributed by atoms with Crippen LogP contribution in [0.25, 0.3) is 6.08 Å². The van der Waals surface area contributed by atoms with Crippen LogP contribution < -0.4 is 5.32 Å². The van der Waals surface area contributed by atoms with Crippen molar-refractivity contribution in [1.29, 1.82) is 0 Å². The van der Waals surface area contributed by atoms with Gasteiger partial charge in [-0.15, -0.1) is 0 Å². The summed E-state index contributed by atoms with van der Waals surface area (Å²) in [5.41, 5.74) is 5.90.